The van der Waals surface area contributed by atoms with Crippen LogP contribution >= 0.6 is 0 Å². The van der Waals surface area contributed by atoms with Crippen LogP contribution in [0.2, 0.25) is 0 Å². The maximum absolute atomic E-state index is 12.7. The first kappa shape index (κ1) is 15.6. The molecule has 0 fully saturated rings. The number of carboxylic acid groups (broad SMARTS) is 1. The van der Waals surface area contributed by atoms with E-state index in [1.165, 1.54) is 6.07 Å². The predicted molar refractivity (Wildman–Crippen MR) is 74.1 cm³/mol. The van der Waals surface area contributed by atoms with Crippen LogP contribution in [0.3, 0.4) is 0 Å². The number of ether oxygens (including phenoxy) is 2. The lowest BCUT2D eigenvalue weighted by molar-refractivity contribution is -0.137. The van der Waals surface area contributed by atoms with E-state index in [2.05, 4.69) is 0 Å². The molecule has 1 aromatic carbocycles. The van der Waals surface area contributed by atoms with Gasteiger partial charge in [-0.25, -0.2) is 8.42 Å². The van der Waals surface area contributed by atoms with Crippen molar-refractivity contribution in [3.05, 3.63) is 18.2 Å². The average Bonchev–Trinajstić information content (AvgIpc) is 2.45. The van der Waals surface area contributed by atoms with Crippen LogP contribution in [-0.4, -0.2) is 50.1 Å². The monoisotopic (exact) mass is 315 g/mol. The van der Waals surface area contributed by atoms with Crippen molar-refractivity contribution in [2.75, 3.05) is 26.3 Å². The summed E-state index contributed by atoms with van der Waals surface area (Å²) in [6.45, 7) is 1.93. The van der Waals surface area contributed by atoms with Crippen LogP contribution in [0.25, 0.3) is 0 Å². The number of benzene rings is 1. The van der Waals surface area contributed by atoms with E-state index in [9.17, 15) is 13.2 Å². The first-order chi connectivity index (χ1) is 9.96. The Kier molecular flexibility index (Phi) is 4.69. The molecular weight excluding hydrogens is 298 g/mol. The molecule has 1 aliphatic rings. The van der Waals surface area contributed by atoms with Crippen molar-refractivity contribution in [3.8, 4) is 11.5 Å². The molecule has 0 aromatic heterocycles. The zero-order valence-corrected chi connectivity index (χ0v) is 12.4. The van der Waals surface area contributed by atoms with Crippen LogP contribution in [0, 0.1) is 0 Å². The Hall–Kier alpha value is -1.80. The Balaban J connectivity index is 2.44. The van der Waals surface area contributed by atoms with Gasteiger partial charge < -0.3 is 14.6 Å². The molecule has 0 amide bonds. The number of nitrogens with zero attached hydrogens (tertiary/aromatic N) is 1. The van der Waals surface area contributed by atoms with Crippen LogP contribution < -0.4 is 9.47 Å². The van der Waals surface area contributed by atoms with Crippen LogP contribution in [0.4, 0.5) is 0 Å². The maximum Gasteiger partial charge on any atom is 0.318 e. The third kappa shape index (κ3) is 3.27. The molecule has 1 heterocycles. The highest BCUT2D eigenvalue weighted by molar-refractivity contribution is 7.89. The van der Waals surface area contributed by atoms with E-state index < -0.39 is 22.5 Å². The van der Waals surface area contributed by atoms with Gasteiger partial charge in [0, 0.05) is 6.54 Å². The van der Waals surface area contributed by atoms with Gasteiger partial charge >= 0.3 is 5.97 Å². The van der Waals surface area contributed by atoms with Gasteiger partial charge in [-0.1, -0.05) is 13.0 Å². The summed E-state index contributed by atoms with van der Waals surface area (Å²) in [5, 5.41) is 8.90. The number of rotatable bonds is 6. The van der Waals surface area contributed by atoms with E-state index >= 15 is 0 Å². The van der Waals surface area contributed by atoms with Crippen molar-refractivity contribution in [1.82, 2.24) is 4.31 Å². The molecule has 1 aliphatic heterocycles. The lowest BCUT2D eigenvalue weighted by atomic mass is 10.3. The van der Waals surface area contributed by atoms with Gasteiger partial charge in [-0.05, 0) is 18.6 Å². The lowest BCUT2D eigenvalue weighted by Gasteiger charge is -2.24. The SMILES string of the molecule is CCCN(CC(=O)O)S(=O)(=O)c1cccc2c1OCCO2. The molecule has 0 saturated heterocycles. The number of carbonyl (C=O) groups is 1. The summed E-state index contributed by atoms with van der Waals surface area (Å²) < 4.78 is 37.0. The summed E-state index contributed by atoms with van der Waals surface area (Å²) in [6, 6.07) is 4.56. The fourth-order valence-corrected chi connectivity index (χ4v) is 3.70. The summed E-state index contributed by atoms with van der Waals surface area (Å²) in [5.74, 6) is -0.696. The third-order valence-corrected chi connectivity index (χ3v) is 4.80. The number of carboxylic acids is 1. The molecule has 0 aliphatic carbocycles. The molecule has 0 saturated carbocycles. The Morgan fingerprint density at radius 2 is 2.05 bits per heavy atom. The fourth-order valence-electron chi connectivity index (χ4n) is 2.07. The molecule has 21 heavy (non-hydrogen) atoms. The molecule has 7 nitrogen and oxygen atoms in total. The highest BCUT2D eigenvalue weighted by atomic mass is 32.2. The predicted octanol–water partition coefficient (Wildman–Crippen LogP) is 0.943. The van der Waals surface area contributed by atoms with Crippen LogP contribution in [0.15, 0.2) is 23.1 Å². The van der Waals surface area contributed by atoms with Crippen LogP contribution in [-0.2, 0) is 14.8 Å². The molecule has 0 bridgehead atoms. The van der Waals surface area contributed by atoms with Crippen molar-refractivity contribution < 1.29 is 27.8 Å². The van der Waals surface area contributed by atoms with E-state index in [4.69, 9.17) is 14.6 Å². The summed E-state index contributed by atoms with van der Waals surface area (Å²) in [5.41, 5.74) is 0. The van der Waals surface area contributed by atoms with Crippen molar-refractivity contribution in [2.45, 2.75) is 18.2 Å². The second-order valence-corrected chi connectivity index (χ2v) is 6.42. The quantitative estimate of drug-likeness (QED) is 0.840. The highest BCUT2D eigenvalue weighted by Crippen LogP contribution is 2.37. The number of hydrogen-bond donors (Lipinski definition) is 1. The molecule has 116 valence electrons. The maximum atomic E-state index is 12.7. The number of hydrogen-bond acceptors (Lipinski definition) is 5. The van der Waals surface area contributed by atoms with Gasteiger partial charge in [-0.2, -0.15) is 4.31 Å². The number of fused-ring (bicyclic) bond motifs is 1. The highest BCUT2D eigenvalue weighted by Gasteiger charge is 2.31. The van der Waals surface area contributed by atoms with E-state index in [0.717, 1.165) is 4.31 Å². The first-order valence-electron chi connectivity index (χ1n) is 6.57. The zero-order chi connectivity index (χ0) is 15.5. The summed E-state index contributed by atoms with van der Waals surface area (Å²) in [6.07, 6.45) is 0.513. The molecule has 1 N–H and O–H groups in total. The van der Waals surface area contributed by atoms with Gasteiger partial charge in [0.05, 0.1) is 0 Å². The normalized spacial score (nSPS) is 14.2. The molecule has 2 rings (SSSR count). The Bertz CT molecular complexity index is 628. The molecular formula is C13H17NO6S. The minimum absolute atomic E-state index is 0.0607. The van der Waals surface area contributed by atoms with Gasteiger partial charge in [0.1, 0.15) is 24.7 Å². The standard InChI is InChI=1S/C13H17NO6S/c1-2-6-14(9-12(15)16)21(17,18)11-5-3-4-10-13(11)20-8-7-19-10/h3-5H,2,6-9H2,1H3,(H,15,16). The van der Waals surface area contributed by atoms with Crippen LogP contribution in [0.1, 0.15) is 13.3 Å². The Labute approximate surface area is 123 Å². The topological polar surface area (TPSA) is 93.1 Å². The van der Waals surface area contributed by atoms with Crippen molar-refractivity contribution in [3.63, 3.8) is 0 Å². The summed E-state index contributed by atoms with van der Waals surface area (Å²) >= 11 is 0. The molecule has 0 radical (unpaired) electrons. The van der Waals surface area contributed by atoms with Gasteiger partial charge in [-0.3, -0.25) is 4.79 Å². The molecule has 8 heteroatoms. The largest absolute Gasteiger partial charge is 0.486 e. The molecule has 0 atom stereocenters. The number of sulfonamides is 1. The number of para-hydroxylation sites is 1. The van der Waals surface area contributed by atoms with Crippen molar-refractivity contribution in [1.29, 1.82) is 0 Å². The molecule has 1 aromatic rings. The summed E-state index contributed by atoms with van der Waals surface area (Å²) in [7, 11) is -3.95. The second kappa shape index (κ2) is 6.31. The van der Waals surface area contributed by atoms with Gasteiger partial charge in [0.25, 0.3) is 0 Å². The van der Waals surface area contributed by atoms with E-state index in [1.54, 1.807) is 19.1 Å². The summed E-state index contributed by atoms with van der Waals surface area (Å²) in [4.78, 5) is 10.8. The van der Waals surface area contributed by atoms with Crippen molar-refractivity contribution >= 4 is 16.0 Å². The van der Waals surface area contributed by atoms with Gasteiger partial charge in [0.2, 0.25) is 10.0 Å². The Morgan fingerprint density at radius 3 is 2.71 bits per heavy atom. The zero-order valence-electron chi connectivity index (χ0n) is 11.6. The average molecular weight is 315 g/mol. The number of aliphatic carboxylic acids is 1. The van der Waals surface area contributed by atoms with Crippen molar-refractivity contribution in [2.24, 2.45) is 0 Å². The smallest absolute Gasteiger partial charge is 0.318 e. The van der Waals surface area contributed by atoms with E-state index in [-0.39, 0.29) is 23.8 Å². The molecule has 0 unspecified atom stereocenters. The minimum atomic E-state index is -3.95. The molecule has 0 spiro atoms. The Morgan fingerprint density at radius 1 is 1.33 bits per heavy atom. The van der Waals surface area contributed by atoms with Gasteiger partial charge in [-0.15, -0.1) is 0 Å². The first-order valence-corrected chi connectivity index (χ1v) is 8.01. The lowest BCUT2D eigenvalue weighted by Crippen LogP contribution is -2.36. The van der Waals surface area contributed by atoms with E-state index in [1.807, 2.05) is 0 Å². The van der Waals surface area contributed by atoms with Crippen LogP contribution in [0.5, 0.6) is 11.5 Å². The van der Waals surface area contributed by atoms with Gasteiger partial charge in [0.15, 0.2) is 11.5 Å². The fraction of sp³-hybridized carbons (Fsp3) is 0.462. The van der Waals surface area contributed by atoms with E-state index in [0.29, 0.717) is 18.8 Å². The minimum Gasteiger partial charge on any atom is -0.486 e. The second-order valence-electron chi connectivity index (χ2n) is 4.51. The third-order valence-electron chi connectivity index (χ3n) is 2.93.